The summed E-state index contributed by atoms with van der Waals surface area (Å²) in [4.78, 5) is 13.0. The fourth-order valence-electron chi connectivity index (χ4n) is 5.68. The van der Waals surface area contributed by atoms with Crippen LogP contribution in [0.3, 0.4) is 0 Å². The molecule has 100 valence electrons. The number of hydrogen-bond acceptors (Lipinski definition) is 2. The Morgan fingerprint density at radius 2 is 1.67 bits per heavy atom. The predicted octanol–water partition coefficient (Wildman–Crippen LogP) is 3.91. The lowest BCUT2D eigenvalue weighted by atomic mass is 9.50. The van der Waals surface area contributed by atoms with Crippen molar-refractivity contribution in [3.63, 3.8) is 0 Å². The van der Waals surface area contributed by atoms with Crippen molar-refractivity contribution >= 4 is 17.5 Å². The predicted molar refractivity (Wildman–Crippen MR) is 75.6 cm³/mol. The molecule has 5 rings (SSSR count). The van der Waals surface area contributed by atoms with E-state index in [0.29, 0.717) is 11.7 Å². The molecule has 0 N–H and O–H groups in total. The van der Waals surface area contributed by atoms with Gasteiger partial charge in [0, 0.05) is 5.92 Å². The molecule has 18 heavy (non-hydrogen) atoms. The van der Waals surface area contributed by atoms with Crippen LogP contribution in [0.25, 0.3) is 0 Å². The summed E-state index contributed by atoms with van der Waals surface area (Å²) in [5.41, 5.74) is 0. The quantitative estimate of drug-likeness (QED) is 0.752. The van der Waals surface area contributed by atoms with Crippen LogP contribution in [-0.4, -0.2) is 16.3 Å². The third-order valence-corrected chi connectivity index (χ3v) is 7.80. The first-order chi connectivity index (χ1) is 8.66. The van der Waals surface area contributed by atoms with Crippen molar-refractivity contribution in [1.29, 1.82) is 0 Å². The van der Waals surface area contributed by atoms with Crippen LogP contribution in [-0.2, 0) is 4.79 Å². The molecule has 1 unspecified atom stereocenters. The van der Waals surface area contributed by atoms with E-state index < -0.39 is 0 Å². The molecule has 5 aliphatic rings. The van der Waals surface area contributed by atoms with Gasteiger partial charge in [0.2, 0.25) is 0 Å². The Morgan fingerprint density at radius 1 is 1.06 bits per heavy atom. The van der Waals surface area contributed by atoms with Gasteiger partial charge in [-0.25, -0.2) is 0 Å². The van der Waals surface area contributed by atoms with Crippen molar-refractivity contribution in [3.05, 3.63) is 0 Å². The van der Waals surface area contributed by atoms with Gasteiger partial charge in [-0.2, -0.15) is 0 Å². The van der Waals surface area contributed by atoms with Crippen molar-refractivity contribution in [2.45, 2.75) is 56.6 Å². The molecule has 5 fully saturated rings. The van der Waals surface area contributed by atoms with Crippen LogP contribution in [0.15, 0.2) is 0 Å². The smallest absolute Gasteiger partial charge is 0.152 e. The standard InChI is InChI=1S/C16H24OS/c1-16(3-2-4-18-16)15(17)14-12-6-10-5-11(8-12)9-13(14)7-10/h10-14H,2-9H2,1H3. The van der Waals surface area contributed by atoms with Gasteiger partial charge >= 0.3 is 0 Å². The van der Waals surface area contributed by atoms with Crippen LogP contribution in [0, 0.1) is 29.6 Å². The molecule has 1 aliphatic heterocycles. The second kappa shape index (κ2) is 4.01. The number of hydrogen-bond donors (Lipinski definition) is 0. The van der Waals surface area contributed by atoms with Crippen LogP contribution in [0.5, 0.6) is 0 Å². The van der Waals surface area contributed by atoms with E-state index in [1.165, 1.54) is 44.3 Å². The Morgan fingerprint density at radius 3 is 2.17 bits per heavy atom. The highest BCUT2D eigenvalue weighted by Gasteiger charge is 2.54. The average molecular weight is 264 g/mol. The van der Waals surface area contributed by atoms with Crippen molar-refractivity contribution in [1.82, 2.24) is 0 Å². The van der Waals surface area contributed by atoms with Gasteiger partial charge in [0.25, 0.3) is 0 Å². The minimum absolute atomic E-state index is 0.0139. The van der Waals surface area contributed by atoms with Gasteiger partial charge in [-0.3, -0.25) is 4.79 Å². The van der Waals surface area contributed by atoms with E-state index in [0.717, 1.165) is 30.1 Å². The molecule has 4 aliphatic carbocycles. The summed E-state index contributed by atoms with van der Waals surface area (Å²) < 4.78 is -0.0139. The second-order valence-electron chi connectivity index (χ2n) is 7.50. The van der Waals surface area contributed by atoms with E-state index in [2.05, 4.69) is 6.92 Å². The largest absolute Gasteiger partial charge is 0.298 e. The second-order valence-corrected chi connectivity index (χ2v) is 9.10. The third-order valence-electron chi connectivity index (χ3n) is 6.27. The zero-order chi connectivity index (χ0) is 12.3. The highest BCUT2D eigenvalue weighted by Crippen LogP contribution is 2.58. The number of thioether (sulfide) groups is 1. The molecule has 0 aromatic heterocycles. The lowest BCUT2D eigenvalue weighted by Crippen LogP contribution is -2.51. The summed E-state index contributed by atoms with van der Waals surface area (Å²) in [5.74, 6) is 5.82. The molecule has 4 saturated carbocycles. The molecule has 0 aromatic carbocycles. The zero-order valence-electron chi connectivity index (χ0n) is 11.4. The van der Waals surface area contributed by atoms with Crippen molar-refractivity contribution in [3.8, 4) is 0 Å². The monoisotopic (exact) mass is 264 g/mol. The lowest BCUT2D eigenvalue weighted by molar-refractivity contribution is -0.138. The SMILES string of the molecule is CC1(C(=O)C2C3CC4CC(C3)CC2C4)CCCS1. The number of carbonyl (C=O) groups excluding carboxylic acids is 1. The van der Waals surface area contributed by atoms with Crippen LogP contribution in [0.2, 0.25) is 0 Å². The van der Waals surface area contributed by atoms with Crippen LogP contribution in [0.1, 0.15) is 51.9 Å². The minimum Gasteiger partial charge on any atom is -0.298 e. The maximum Gasteiger partial charge on any atom is 0.152 e. The molecular formula is C16H24OS. The first-order valence-corrected chi connectivity index (χ1v) is 8.82. The van der Waals surface area contributed by atoms with Gasteiger partial charge in [0.1, 0.15) is 0 Å². The van der Waals surface area contributed by atoms with Crippen molar-refractivity contribution in [2.75, 3.05) is 5.75 Å². The van der Waals surface area contributed by atoms with Crippen LogP contribution >= 0.6 is 11.8 Å². The fraction of sp³-hybridized carbons (Fsp3) is 0.938. The van der Waals surface area contributed by atoms with E-state index in [1.807, 2.05) is 11.8 Å². The molecular weight excluding hydrogens is 240 g/mol. The summed E-state index contributed by atoms with van der Waals surface area (Å²) in [7, 11) is 0. The van der Waals surface area contributed by atoms with Gasteiger partial charge < -0.3 is 0 Å². The maximum atomic E-state index is 13.0. The summed E-state index contributed by atoms with van der Waals surface area (Å²) in [5, 5.41) is 0. The molecule has 1 saturated heterocycles. The van der Waals surface area contributed by atoms with Crippen molar-refractivity contribution in [2.24, 2.45) is 29.6 Å². The van der Waals surface area contributed by atoms with Gasteiger partial charge in [-0.1, -0.05) is 0 Å². The lowest BCUT2D eigenvalue weighted by Gasteiger charge is -2.54. The third kappa shape index (κ3) is 1.63. The molecule has 0 radical (unpaired) electrons. The Hall–Kier alpha value is 0.0200. The van der Waals surface area contributed by atoms with E-state index in [9.17, 15) is 4.79 Å². The van der Waals surface area contributed by atoms with Crippen LogP contribution < -0.4 is 0 Å². The van der Waals surface area contributed by atoms with E-state index in [1.54, 1.807) is 0 Å². The first kappa shape index (κ1) is 11.8. The molecule has 2 heteroatoms. The Balaban J connectivity index is 1.59. The number of carbonyl (C=O) groups is 1. The number of ketones is 1. The van der Waals surface area contributed by atoms with E-state index >= 15 is 0 Å². The topological polar surface area (TPSA) is 17.1 Å². The normalized spacial score (nSPS) is 53.9. The molecule has 4 bridgehead atoms. The molecule has 1 atom stereocenters. The maximum absolute atomic E-state index is 13.0. The summed E-state index contributed by atoms with van der Waals surface area (Å²) in [6.07, 6.45) is 9.39. The summed E-state index contributed by atoms with van der Waals surface area (Å²) in [6.45, 7) is 2.23. The highest BCUT2D eigenvalue weighted by atomic mass is 32.2. The molecule has 0 amide bonds. The molecule has 0 aromatic rings. The van der Waals surface area contributed by atoms with Crippen LogP contribution in [0.4, 0.5) is 0 Å². The zero-order valence-corrected chi connectivity index (χ0v) is 12.2. The van der Waals surface area contributed by atoms with E-state index in [-0.39, 0.29) is 4.75 Å². The van der Waals surface area contributed by atoms with Gasteiger partial charge in [-0.15, -0.1) is 11.8 Å². The summed E-state index contributed by atoms with van der Waals surface area (Å²) >= 11 is 1.95. The minimum atomic E-state index is -0.0139. The summed E-state index contributed by atoms with van der Waals surface area (Å²) in [6, 6.07) is 0. The number of rotatable bonds is 2. The average Bonchev–Trinajstić information content (AvgIpc) is 2.76. The Kier molecular flexibility index (Phi) is 2.63. The Bertz CT molecular complexity index is 341. The molecule has 0 spiro atoms. The fourth-order valence-corrected chi connectivity index (χ4v) is 6.99. The van der Waals surface area contributed by atoms with Gasteiger partial charge in [0.05, 0.1) is 4.75 Å². The van der Waals surface area contributed by atoms with Crippen molar-refractivity contribution < 1.29 is 4.79 Å². The van der Waals surface area contributed by atoms with Gasteiger partial charge in [-0.05, 0) is 81.3 Å². The highest BCUT2D eigenvalue weighted by molar-refractivity contribution is 8.01. The number of Topliss-reactive ketones (excluding diaryl/α,β-unsaturated/α-hetero) is 1. The molecule has 1 nitrogen and oxygen atoms in total. The first-order valence-electron chi connectivity index (χ1n) is 7.84. The van der Waals surface area contributed by atoms with E-state index in [4.69, 9.17) is 0 Å². The molecule has 1 heterocycles. The Labute approximate surface area is 114 Å². The van der Waals surface area contributed by atoms with Gasteiger partial charge in [0.15, 0.2) is 5.78 Å².